The molecular weight excluding hydrogens is 429 g/mol. The summed E-state index contributed by atoms with van der Waals surface area (Å²) in [5.74, 6) is 0.450. The molecule has 1 atom stereocenters. The van der Waals surface area contributed by atoms with Crippen LogP contribution in [-0.2, 0) is 10.0 Å². The Labute approximate surface area is 180 Å². The van der Waals surface area contributed by atoms with Crippen molar-refractivity contribution >= 4 is 27.3 Å². The number of halogens is 2. The van der Waals surface area contributed by atoms with Gasteiger partial charge in [-0.2, -0.15) is 0 Å². The highest BCUT2D eigenvalue weighted by Gasteiger charge is 2.32. The van der Waals surface area contributed by atoms with Crippen molar-refractivity contribution < 1.29 is 22.3 Å². The average molecular weight is 450 g/mol. The number of sulfonamides is 1. The zero-order valence-corrected chi connectivity index (χ0v) is 18.2. The number of benzene rings is 3. The third kappa shape index (κ3) is 4.22. The van der Waals surface area contributed by atoms with Gasteiger partial charge in [0, 0.05) is 5.56 Å². The second kappa shape index (κ2) is 8.93. The maximum absolute atomic E-state index is 13.6. The topological polar surface area (TPSA) is 55.8 Å². The molecule has 0 aromatic heterocycles. The number of rotatable bonds is 7. The van der Waals surface area contributed by atoms with Crippen molar-refractivity contribution in [3.05, 3.63) is 83.1 Å². The summed E-state index contributed by atoms with van der Waals surface area (Å²) in [5.41, 5.74) is 1.09. The van der Waals surface area contributed by atoms with Gasteiger partial charge in [0.1, 0.15) is 17.3 Å². The van der Waals surface area contributed by atoms with Crippen LogP contribution in [-0.4, -0.2) is 22.6 Å². The van der Waals surface area contributed by atoms with E-state index < -0.39 is 21.9 Å². The molecule has 0 aliphatic carbocycles. The van der Waals surface area contributed by atoms with Gasteiger partial charge in [-0.25, -0.2) is 12.8 Å². The molecule has 0 aliphatic rings. The lowest BCUT2D eigenvalue weighted by molar-refractivity contribution is 0.407. The van der Waals surface area contributed by atoms with Crippen LogP contribution in [0.1, 0.15) is 18.5 Å². The van der Waals surface area contributed by atoms with Gasteiger partial charge in [0.2, 0.25) is 0 Å². The van der Waals surface area contributed by atoms with Gasteiger partial charge in [-0.05, 0) is 55.5 Å². The molecule has 3 aromatic carbocycles. The van der Waals surface area contributed by atoms with Crippen molar-refractivity contribution in [3.8, 4) is 11.5 Å². The van der Waals surface area contributed by atoms with Gasteiger partial charge in [-0.15, -0.1) is 0 Å². The molecule has 0 amide bonds. The fourth-order valence-electron chi connectivity index (χ4n) is 3.19. The molecule has 158 valence electrons. The number of hydrogen-bond acceptors (Lipinski definition) is 4. The molecule has 30 heavy (non-hydrogen) atoms. The molecule has 0 unspecified atom stereocenters. The zero-order chi connectivity index (χ0) is 21.9. The Morgan fingerprint density at radius 2 is 1.63 bits per heavy atom. The van der Waals surface area contributed by atoms with E-state index in [9.17, 15) is 12.8 Å². The van der Waals surface area contributed by atoms with Gasteiger partial charge in [0.05, 0.1) is 35.9 Å². The van der Waals surface area contributed by atoms with E-state index in [2.05, 4.69) is 0 Å². The van der Waals surface area contributed by atoms with Gasteiger partial charge in [-0.3, -0.25) is 4.31 Å². The van der Waals surface area contributed by atoms with Crippen molar-refractivity contribution in [2.75, 3.05) is 18.5 Å². The third-order valence-electron chi connectivity index (χ3n) is 4.72. The van der Waals surface area contributed by atoms with E-state index in [1.165, 1.54) is 24.6 Å². The Hall–Kier alpha value is -2.77. The largest absolute Gasteiger partial charge is 0.497 e. The van der Waals surface area contributed by atoms with E-state index in [-0.39, 0.29) is 9.92 Å². The number of ether oxygens (including phenoxy) is 2. The second-order valence-electron chi connectivity index (χ2n) is 6.49. The summed E-state index contributed by atoms with van der Waals surface area (Å²) in [4.78, 5) is -0.119. The van der Waals surface area contributed by atoms with Gasteiger partial charge >= 0.3 is 0 Å². The minimum absolute atomic E-state index is 0.119. The molecule has 3 aromatic rings. The summed E-state index contributed by atoms with van der Waals surface area (Å²) in [6.45, 7) is 1.75. The molecule has 0 saturated heterocycles. The minimum Gasteiger partial charge on any atom is -0.497 e. The van der Waals surface area contributed by atoms with E-state index in [0.29, 0.717) is 22.7 Å². The van der Waals surface area contributed by atoms with Gasteiger partial charge in [0.15, 0.2) is 0 Å². The number of para-hydroxylation sites is 1. The first kappa shape index (κ1) is 21.9. The third-order valence-corrected chi connectivity index (χ3v) is 6.90. The molecule has 0 spiro atoms. The van der Waals surface area contributed by atoms with E-state index in [1.807, 2.05) is 6.07 Å². The first-order valence-electron chi connectivity index (χ1n) is 9.06. The maximum atomic E-state index is 13.6. The van der Waals surface area contributed by atoms with Gasteiger partial charge in [-0.1, -0.05) is 29.8 Å². The minimum atomic E-state index is -4.10. The second-order valence-corrected chi connectivity index (χ2v) is 8.71. The highest BCUT2D eigenvalue weighted by atomic mass is 35.5. The molecule has 5 nitrogen and oxygen atoms in total. The summed E-state index contributed by atoms with van der Waals surface area (Å²) >= 11 is 5.86. The Morgan fingerprint density at radius 1 is 0.967 bits per heavy atom. The van der Waals surface area contributed by atoms with Crippen LogP contribution in [0.3, 0.4) is 0 Å². The Balaban J connectivity index is 2.19. The highest BCUT2D eigenvalue weighted by Crippen LogP contribution is 2.37. The fraction of sp³-hybridized carbons (Fsp3) is 0.182. The monoisotopic (exact) mass is 449 g/mol. The molecule has 0 fully saturated rings. The normalized spacial score (nSPS) is 12.3. The predicted molar refractivity (Wildman–Crippen MR) is 115 cm³/mol. The molecular formula is C22H21ClFNO4S. The van der Waals surface area contributed by atoms with Crippen LogP contribution in [0.15, 0.2) is 71.6 Å². The van der Waals surface area contributed by atoms with Crippen molar-refractivity contribution in [2.24, 2.45) is 0 Å². The lowest BCUT2D eigenvalue weighted by Crippen LogP contribution is -2.34. The summed E-state index contributed by atoms with van der Waals surface area (Å²) < 4.78 is 52.8. The number of nitrogens with zero attached hydrogens (tertiary/aromatic N) is 1. The Morgan fingerprint density at radius 3 is 2.23 bits per heavy atom. The lowest BCUT2D eigenvalue weighted by atomic mass is 10.1. The van der Waals surface area contributed by atoms with Crippen LogP contribution in [0.25, 0.3) is 0 Å². The predicted octanol–water partition coefficient (Wildman–Crippen LogP) is 5.45. The van der Waals surface area contributed by atoms with Crippen molar-refractivity contribution in [1.29, 1.82) is 0 Å². The molecule has 0 heterocycles. The van der Waals surface area contributed by atoms with E-state index >= 15 is 0 Å². The fourth-order valence-corrected chi connectivity index (χ4v) is 5.10. The first-order valence-corrected chi connectivity index (χ1v) is 10.9. The maximum Gasteiger partial charge on any atom is 0.264 e. The Kier molecular flexibility index (Phi) is 6.53. The number of anilines is 1. The van der Waals surface area contributed by atoms with E-state index in [1.54, 1.807) is 49.4 Å². The lowest BCUT2D eigenvalue weighted by Gasteiger charge is -2.31. The average Bonchev–Trinajstić information content (AvgIpc) is 2.75. The summed E-state index contributed by atoms with van der Waals surface area (Å²) in [6.07, 6.45) is 0. The molecule has 3 rings (SSSR count). The molecule has 0 N–H and O–H groups in total. The van der Waals surface area contributed by atoms with Crippen LogP contribution in [0.4, 0.5) is 10.1 Å². The summed E-state index contributed by atoms with van der Waals surface area (Å²) in [7, 11) is -1.04. The number of hydrogen-bond donors (Lipinski definition) is 0. The molecule has 8 heteroatoms. The smallest absolute Gasteiger partial charge is 0.264 e. The molecule has 0 bridgehead atoms. The van der Waals surface area contributed by atoms with Crippen molar-refractivity contribution in [3.63, 3.8) is 0 Å². The number of methoxy groups -OCH3 is 2. The Bertz CT molecular complexity index is 1140. The highest BCUT2D eigenvalue weighted by molar-refractivity contribution is 7.92. The molecule has 0 radical (unpaired) electrons. The zero-order valence-electron chi connectivity index (χ0n) is 16.7. The van der Waals surface area contributed by atoms with Crippen LogP contribution >= 0.6 is 11.6 Å². The first-order chi connectivity index (χ1) is 14.3. The van der Waals surface area contributed by atoms with Gasteiger partial charge < -0.3 is 9.47 Å². The van der Waals surface area contributed by atoms with Crippen LogP contribution < -0.4 is 13.8 Å². The molecule has 0 saturated carbocycles. The van der Waals surface area contributed by atoms with Gasteiger partial charge in [0.25, 0.3) is 10.0 Å². The SMILES string of the molecule is COc1ccc(N([C@H](C)c2ccccc2OC)S(=O)(=O)c2ccc(F)c(Cl)c2)cc1. The van der Waals surface area contributed by atoms with Crippen LogP contribution in [0.5, 0.6) is 11.5 Å². The van der Waals surface area contributed by atoms with Crippen LogP contribution in [0.2, 0.25) is 5.02 Å². The standard InChI is InChI=1S/C22H21ClFNO4S/c1-15(19-6-4-5-7-22(19)29-3)25(16-8-10-17(28-2)11-9-16)30(26,27)18-12-13-21(24)20(23)14-18/h4-15H,1-3H3/t15-/m1/s1. The van der Waals surface area contributed by atoms with Crippen molar-refractivity contribution in [1.82, 2.24) is 0 Å². The van der Waals surface area contributed by atoms with E-state index in [4.69, 9.17) is 21.1 Å². The van der Waals surface area contributed by atoms with Crippen molar-refractivity contribution in [2.45, 2.75) is 17.9 Å². The van der Waals surface area contributed by atoms with Crippen LogP contribution in [0, 0.1) is 5.82 Å². The molecule has 0 aliphatic heterocycles. The summed E-state index contributed by atoms with van der Waals surface area (Å²) in [6, 6.07) is 16.5. The quantitative estimate of drug-likeness (QED) is 0.481. The summed E-state index contributed by atoms with van der Waals surface area (Å²) in [5, 5.41) is -0.268. The van der Waals surface area contributed by atoms with E-state index in [0.717, 1.165) is 12.1 Å².